The average Bonchev–Trinajstić information content (AvgIpc) is 2.89. The van der Waals surface area contributed by atoms with Gasteiger partial charge in [0.2, 0.25) is 0 Å². The van der Waals surface area contributed by atoms with Gasteiger partial charge in [-0.25, -0.2) is 0 Å². The molecule has 20 heavy (non-hydrogen) atoms. The first-order valence-corrected chi connectivity index (χ1v) is 6.89. The summed E-state index contributed by atoms with van der Waals surface area (Å²) in [6.45, 7) is 4.56. The number of aromatic nitrogens is 4. The number of aryl methyl sites for hydroxylation is 2. The van der Waals surface area contributed by atoms with Gasteiger partial charge in [0.25, 0.3) is 0 Å². The summed E-state index contributed by atoms with van der Waals surface area (Å²) in [6.07, 6.45) is 1.96. The molecule has 0 aliphatic carbocycles. The predicted molar refractivity (Wildman–Crippen MR) is 81.1 cm³/mol. The second-order valence-corrected chi connectivity index (χ2v) is 5.01. The van der Waals surface area contributed by atoms with Gasteiger partial charge >= 0.3 is 0 Å². The van der Waals surface area contributed by atoms with Crippen molar-refractivity contribution in [1.29, 1.82) is 0 Å². The lowest BCUT2D eigenvalue weighted by Crippen LogP contribution is -1.95. The van der Waals surface area contributed by atoms with E-state index in [1.165, 1.54) is 0 Å². The Morgan fingerprint density at radius 1 is 1.40 bits per heavy atom. The van der Waals surface area contributed by atoms with Gasteiger partial charge in [0.05, 0.1) is 23.5 Å². The van der Waals surface area contributed by atoms with Gasteiger partial charge in [-0.3, -0.25) is 9.25 Å². The van der Waals surface area contributed by atoms with Crippen molar-refractivity contribution in [2.75, 3.05) is 6.61 Å². The molecule has 1 aromatic carbocycles. The van der Waals surface area contributed by atoms with Crippen LogP contribution in [0.4, 0.5) is 0 Å². The summed E-state index contributed by atoms with van der Waals surface area (Å²) in [7, 11) is 1.90. The molecule has 0 spiro atoms. The highest BCUT2D eigenvalue weighted by molar-refractivity contribution is 7.71. The maximum atomic E-state index is 5.65. The number of nitrogens with one attached hydrogen (secondary N) is 1. The highest BCUT2D eigenvalue weighted by Crippen LogP contribution is 2.28. The molecule has 0 fully saturated rings. The molecule has 104 valence electrons. The van der Waals surface area contributed by atoms with Gasteiger partial charge in [-0.15, -0.1) is 0 Å². The number of imidazole rings is 1. The van der Waals surface area contributed by atoms with Gasteiger partial charge in [-0.1, -0.05) is 6.07 Å². The molecule has 5 nitrogen and oxygen atoms in total. The largest absolute Gasteiger partial charge is 0.492 e. The van der Waals surface area contributed by atoms with E-state index in [2.05, 4.69) is 10.1 Å². The number of ether oxygens (including phenoxy) is 1. The van der Waals surface area contributed by atoms with Crippen molar-refractivity contribution in [3.05, 3.63) is 34.9 Å². The van der Waals surface area contributed by atoms with E-state index >= 15 is 0 Å². The van der Waals surface area contributed by atoms with E-state index in [1.807, 2.05) is 49.9 Å². The molecule has 3 aromatic rings. The lowest BCUT2D eigenvalue weighted by Gasteiger charge is -2.05. The molecule has 0 radical (unpaired) electrons. The van der Waals surface area contributed by atoms with Crippen LogP contribution in [0.15, 0.2) is 24.4 Å². The van der Waals surface area contributed by atoms with Crippen LogP contribution in [0.3, 0.4) is 0 Å². The van der Waals surface area contributed by atoms with E-state index in [1.54, 1.807) is 4.68 Å². The molecule has 0 saturated carbocycles. The third-order valence-electron chi connectivity index (χ3n) is 3.21. The molecule has 6 heteroatoms. The number of hydrogen-bond acceptors (Lipinski definition) is 3. The van der Waals surface area contributed by atoms with Crippen LogP contribution < -0.4 is 4.74 Å². The Morgan fingerprint density at radius 2 is 2.20 bits per heavy atom. The van der Waals surface area contributed by atoms with Gasteiger partial charge in [0, 0.05) is 13.2 Å². The number of aromatic amines is 1. The van der Waals surface area contributed by atoms with E-state index in [0.717, 1.165) is 28.2 Å². The summed E-state index contributed by atoms with van der Waals surface area (Å²) >= 11 is 5.46. The monoisotopic (exact) mass is 288 g/mol. The Hall–Kier alpha value is -2.08. The molecule has 0 aliphatic rings. The fourth-order valence-corrected chi connectivity index (χ4v) is 2.72. The topological polar surface area (TPSA) is 47.8 Å². The highest BCUT2D eigenvalue weighted by Gasteiger charge is 2.13. The summed E-state index contributed by atoms with van der Waals surface area (Å²) in [5.41, 5.74) is 3.84. The average molecular weight is 288 g/mol. The molecule has 3 rings (SSSR count). The fourth-order valence-electron chi connectivity index (χ4n) is 2.43. The van der Waals surface area contributed by atoms with Crippen LogP contribution in [-0.4, -0.2) is 25.9 Å². The lowest BCUT2D eigenvalue weighted by atomic mass is 10.3. The number of para-hydroxylation sites is 1. The number of fused-ring (bicyclic) bond motifs is 1. The van der Waals surface area contributed by atoms with E-state index in [9.17, 15) is 0 Å². The van der Waals surface area contributed by atoms with E-state index in [0.29, 0.717) is 11.4 Å². The molecule has 0 bridgehead atoms. The third kappa shape index (κ3) is 1.92. The van der Waals surface area contributed by atoms with Crippen LogP contribution in [0.2, 0.25) is 0 Å². The lowest BCUT2D eigenvalue weighted by molar-refractivity contribution is 0.343. The smallest absolute Gasteiger partial charge is 0.182 e. The quantitative estimate of drug-likeness (QED) is 0.753. The van der Waals surface area contributed by atoms with Gasteiger partial charge in [0.1, 0.15) is 11.3 Å². The van der Waals surface area contributed by atoms with E-state index in [-0.39, 0.29) is 0 Å². The maximum Gasteiger partial charge on any atom is 0.182 e. The van der Waals surface area contributed by atoms with Crippen LogP contribution in [0.1, 0.15) is 12.6 Å². The molecule has 0 atom stereocenters. The molecule has 2 heterocycles. The standard InChI is InChI=1S/C14H16N4OS/c1-4-19-12-7-5-6-10-13(12)15-14(20)18(10)11-8-17(3)16-9(11)2/h5-8H,4H2,1-3H3,(H,15,20). The number of nitrogens with zero attached hydrogens (tertiary/aromatic N) is 3. The SMILES string of the molecule is CCOc1cccc2c1[nH]c(=S)n2-c1cn(C)nc1C. The second-order valence-electron chi connectivity index (χ2n) is 4.62. The molecule has 0 aliphatic heterocycles. The minimum atomic E-state index is 0.622. The second kappa shape index (κ2) is 4.79. The molecule has 1 N–H and O–H groups in total. The van der Waals surface area contributed by atoms with Crippen LogP contribution in [0.25, 0.3) is 16.7 Å². The summed E-state index contributed by atoms with van der Waals surface area (Å²) in [5.74, 6) is 0.816. The zero-order valence-corrected chi connectivity index (χ0v) is 12.5. The molecular weight excluding hydrogens is 272 g/mol. The summed E-state index contributed by atoms with van der Waals surface area (Å²) < 4.78 is 10.1. The Bertz CT molecular complexity index is 827. The number of rotatable bonds is 3. The summed E-state index contributed by atoms with van der Waals surface area (Å²) in [4.78, 5) is 3.23. The maximum absolute atomic E-state index is 5.65. The van der Waals surface area contributed by atoms with E-state index in [4.69, 9.17) is 17.0 Å². The minimum Gasteiger partial charge on any atom is -0.492 e. The first kappa shape index (κ1) is 12.9. The summed E-state index contributed by atoms with van der Waals surface area (Å²) in [5, 5.41) is 4.38. The number of H-pyrrole nitrogens is 1. The first-order valence-electron chi connectivity index (χ1n) is 6.49. The van der Waals surface area contributed by atoms with Gasteiger partial charge in [-0.2, -0.15) is 5.10 Å². The van der Waals surface area contributed by atoms with Crippen LogP contribution >= 0.6 is 12.2 Å². The normalized spacial score (nSPS) is 11.2. The minimum absolute atomic E-state index is 0.622. The van der Waals surface area contributed by atoms with Crippen molar-refractivity contribution in [1.82, 2.24) is 19.3 Å². The third-order valence-corrected chi connectivity index (χ3v) is 3.49. The van der Waals surface area contributed by atoms with Crippen LogP contribution in [0, 0.1) is 11.7 Å². The molecule has 2 aromatic heterocycles. The van der Waals surface area contributed by atoms with Gasteiger partial charge < -0.3 is 9.72 Å². The first-order chi connectivity index (χ1) is 9.61. The molecule has 0 amide bonds. The molecule has 0 unspecified atom stereocenters. The van der Waals surface area contributed by atoms with Crippen LogP contribution in [0.5, 0.6) is 5.75 Å². The predicted octanol–water partition coefficient (Wildman–Crippen LogP) is 3.13. The highest BCUT2D eigenvalue weighted by atomic mass is 32.1. The Balaban J connectivity index is 2.32. The Labute approximate surface area is 121 Å². The Kier molecular flexibility index (Phi) is 3.10. The molecular formula is C14H16N4OS. The van der Waals surface area contributed by atoms with Gasteiger partial charge in [-0.05, 0) is 38.2 Å². The number of benzene rings is 1. The van der Waals surface area contributed by atoms with Crippen molar-refractivity contribution in [3.63, 3.8) is 0 Å². The zero-order valence-electron chi connectivity index (χ0n) is 11.7. The fraction of sp³-hybridized carbons (Fsp3) is 0.286. The van der Waals surface area contributed by atoms with E-state index < -0.39 is 0 Å². The zero-order chi connectivity index (χ0) is 14.3. The van der Waals surface area contributed by atoms with Crippen molar-refractivity contribution in [2.45, 2.75) is 13.8 Å². The van der Waals surface area contributed by atoms with Crippen molar-refractivity contribution < 1.29 is 4.74 Å². The van der Waals surface area contributed by atoms with Crippen molar-refractivity contribution in [2.24, 2.45) is 7.05 Å². The number of hydrogen-bond donors (Lipinski definition) is 1. The van der Waals surface area contributed by atoms with Crippen molar-refractivity contribution in [3.8, 4) is 11.4 Å². The molecule has 0 saturated heterocycles. The Morgan fingerprint density at radius 3 is 2.85 bits per heavy atom. The van der Waals surface area contributed by atoms with Crippen LogP contribution in [-0.2, 0) is 7.05 Å². The van der Waals surface area contributed by atoms with Crippen molar-refractivity contribution >= 4 is 23.3 Å². The van der Waals surface area contributed by atoms with Gasteiger partial charge in [0.15, 0.2) is 4.77 Å². The summed E-state index contributed by atoms with van der Waals surface area (Å²) in [6, 6.07) is 5.94.